The highest BCUT2D eigenvalue weighted by Crippen LogP contribution is 2.21. The number of hydrogen-bond acceptors (Lipinski definition) is 3. The number of carboxylic acid groups (broad SMARTS) is 1. The van der Waals surface area contributed by atoms with Gasteiger partial charge >= 0.3 is 5.97 Å². The van der Waals surface area contributed by atoms with Crippen molar-refractivity contribution in [2.75, 3.05) is 13.1 Å². The van der Waals surface area contributed by atoms with Crippen LogP contribution in [-0.4, -0.2) is 41.0 Å². The standard InChI is InChI=1S/C15H20N2O3/c16-9-8-11-5-1-2-6-12(11)14(18)17-10-4-3-7-13(17)15(19)20/h1-2,5-6,13H,3-4,7-10,16H2,(H,19,20)/t13-/m1/s1. The zero-order valence-corrected chi connectivity index (χ0v) is 11.4. The van der Waals surface area contributed by atoms with Gasteiger partial charge in [-0.2, -0.15) is 0 Å². The first-order valence-electron chi connectivity index (χ1n) is 6.97. The third kappa shape index (κ3) is 2.99. The molecule has 1 aromatic rings. The van der Waals surface area contributed by atoms with Gasteiger partial charge in [-0.25, -0.2) is 4.79 Å². The molecule has 1 aliphatic heterocycles. The van der Waals surface area contributed by atoms with E-state index in [1.165, 1.54) is 4.90 Å². The summed E-state index contributed by atoms with van der Waals surface area (Å²) in [6.07, 6.45) is 2.85. The van der Waals surface area contributed by atoms with E-state index in [2.05, 4.69) is 0 Å². The first-order chi connectivity index (χ1) is 9.65. The van der Waals surface area contributed by atoms with Crippen LogP contribution in [0.2, 0.25) is 0 Å². The molecule has 1 fully saturated rings. The number of rotatable bonds is 4. The normalized spacial score (nSPS) is 18.9. The molecule has 1 atom stereocenters. The van der Waals surface area contributed by atoms with Crippen LogP contribution < -0.4 is 5.73 Å². The van der Waals surface area contributed by atoms with Gasteiger partial charge in [0.05, 0.1) is 0 Å². The fourth-order valence-corrected chi connectivity index (χ4v) is 2.69. The van der Waals surface area contributed by atoms with Crippen molar-refractivity contribution in [2.45, 2.75) is 31.7 Å². The van der Waals surface area contributed by atoms with Gasteiger partial charge in [0.15, 0.2) is 0 Å². The summed E-state index contributed by atoms with van der Waals surface area (Å²) in [5, 5.41) is 9.26. The Labute approximate surface area is 118 Å². The molecule has 5 heteroatoms. The van der Waals surface area contributed by atoms with Gasteiger partial charge in [0.1, 0.15) is 6.04 Å². The van der Waals surface area contributed by atoms with Gasteiger partial charge in [-0.05, 0) is 43.9 Å². The van der Waals surface area contributed by atoms with Gasteiger partial charge in [0, 0.05) is 12.1 Å². The molecule has 108 valence electrons. The largest absolute Gasteiger partial charge is 0.480 e. The average Bonchev–Trinajstić information content (AvgIpc) is 2.47. The molecule has 0 saturated carbocycles. The molecular weight excluding hydrogens is 256 g/mol. The fraction of sp³-hybridized carbons (Fsp3) is 0.467. The van der Waals surface area contributed by atoms with Gasteiger partial charge in [0.2, 0.25) is 0 Å². The topological polar surface area (TPSA) is 83.6 Å². The van der Waals surface area contributed by atoms with Gasteiger partial charge in [0.25, 0.3) is 5.91 Å². The van der Waals surface area contributed by atoms with Crippen molar-refractivity contribution in [3.8, 4) is 0 Å². The number of amides is 1. The minimum absolute atomic E-state index is 0.193. The lowest BCUT2D eigenvalue weighted by molar-refractivity contribution is -0.143. The van der Waals surface area contributed by atoms with E-state index in [9.17, 15) is 14.7 Å². The molecule has 2 rings (SSSR count). The molecule has 1 heterocycles. The summed E-state index contributed by atoms with van der Waals surface area (Å²) in [4.78, 5) is 25.4. The fourth-order valence-electron chi connectivity index (χ4n) is 2.69. The number of carbonyl (C=O) groups is 2. The molecule has 0 aromatic heterocycles. The molecule has 1 amide bonds. The monoisotopic (exact) mass is 276 g/mol. The van der Waals surface area contributed by atoms with E-state index in [4.69, 9.17) is 5.73 Å². The van der Waals surface area contributed by atoms with Crippen molar-refractivity contribution in [1.82, 2.24) is 4.90 Å². The number of benzene rings is 1. The molecule has 0 spiro atoms. The molecule has 0 unspecified atom stereocenters. The van der Waals surface area contributed by atoms with E-state index >= 15 is 0 Å². The molecule has 1 aliphatic rings. The molecular formula is C15H20N2O3. The molecule has 0 aliphatic carbocycles. The maximum atomic E-state index is 12.6. The quantitative estimate of drug-likeness (QED) is 0.867. The van der Waals surface area contributed by atoms with Crippen molar-refractivity contribution >= 4 is 11.9 Å². The van der Waals surface area contributed by atoms with Crippen molar-refractivity contribution in [1.29, 1.82) is 0 Å². The van der Waals surface area contributed by atoms with Crippen LogP contribution in [0.4, 0.5) is 0 Å². The Balaban J connectivity index is 2.27. The number of aliphatic carboxylic acids is 1. The molecule has 1 saturated heterocycles. The van der Waals surface area contributed by atoms with Crippen molar-refractivity contribution < 1.29 is 14.7 Å². The van der Waals surface area contributed by atoms with Gasteiger partial charge < -0.3 is 15.7 Å². The predicted molar refractivity (Wildman–Crippen MR) is 75.5 cm³/mol. The van der Waals surface area contributed by atoms with Crippen LogP contribution in [0.5, 0.6) is 0 Å². The lowest BCUT2D eigenvalue weighted by Crippen LogP contribution is -2.48. The summed E-state index contributed by atoms with van der Waals surface area (Å²) in [5.41, 5.74) is 7.02. The third-order valence-electron chi connectivity index (χ3n) is 3.71. The zero-order valence-electron chi connectivity index (χ0n) is 11.4. The van der Waals surface area contributed by atoms with Crippen molar-refractivity contribution in [3.05, 3.63) is 35.4 Å². The second-order valence-corrected chi connectivity index (χ2v) is 5.04. The second-order valence-electron chi connectivity index (χ2n) is 5.04. The molecule has 20 heavy (non-hydrogen) atoms. The van der Waals surface area contributed by atoms with Crippen LogP contribution in [-0.2, 0) is 11.2 Å². The number of carbonyl (C=O) groups excluding carboxylic acids is 1. The van der Waals surface area contributed by atoms with Gasteiger partial charge in [-0.1, -0.05) is 18.2 Å². The van der Waals surface area contributed by atoms with E-state index in [-0.39, 0.29) is 5.91 Å². The second kappa shape index (κ2) is 6.52. The summed E-state index contributed by atoms with van der Waals surface area (Å²) in [7, 11) is 0. The average molecular weight is 276 g/mol. The number of nitrogens with zero attached hydrogens (tertiary/aromatic N) is 1. The Bertz CT molecular complexity index is 502. The lowest BCUT2D eigenvalue weighted by atomic mass is 9.98. The highest BCUT2D eigenvalue weighted by atomic mass is 16.4. The Kier molecular flexibility index (Phi) is 4.74. The van der Waals surface area contributed by atoms with Crippen molar-refractivity contribution in [3.63, 3.8) is 0 Å². The summed E-state index contributed by atoms with van der Waals surface area (Å²) < 4.78 is 0. The lowest BCUT2D eigenvalue weighted by Gasteiger charge is -2.33. The Hall–Kier alpha value is -1.88. The smallest absolute Gasteiger partial charge is 0.326 e. The number of carboxylic acids is 1. The van der Waals surface area contributed by atoms with Crippen LogP contribution in [0.3, 0.4) is 0 Å². The van der Waals surface area contributed by atoms with Crippen LogP contribution in [0.15, 0.2) is 24.3 Å². The summed E-state index contributed by atoms with van der Waals surface area (Å²) >= 11 is 0. The number of likely N-dealkylation sites (tertiary alicyclic amines) is 1. The summed E-state index contributed by atoms with van der Waals surface area (Å²) in [6, 6.07) is 6.59. The number of hydrogen-bond donors (Lipinski definition) is 2. The van der Waals surface area contributed by atoms with E-state index in [0.29, 0.717) is 31.5 Å². The summed E-state index contributed by atoms with van der Waals surface area (Å²) in [6.45, 7) is 0.972. The Morgan fingerprint density at radius 1 is 1.30 bits per heavy atom. The Morgan fingerprint density at radius 2 is 2.05 bits per heavy atom. The molecule has 3 N–H and O–H groups in total. The maximum Gasteiger partial charge on any atom is 0.326 e. The van der Waals surface area contributed by atoms with Crippen LogP contribution in [0, 0.1) is 0 Å². The van der Waals surface area contributed by atoms with E-state index in [1.54, 1.807) is 12.1 Å². The molecule has 5 nitrogen and oxygen atoms in total. The van der Waals surface area contributed by atoms with E-state index in [1.807, 2.05) is 12.1 Å². The predicted octanol–water partition coefficient (Wildman–Crippen LogP) is 1.27. The highest BCUT2D eigenvalue weighted by Gasteiger charge is 2.32. The third-order valence-corrected chi connectivity index (χ3v) is 3.71. The minimum atomic E-state index is -0.922. The molecule has 1 aromatic carbocycles. The number of nitrogens with two attached hydrogens (primary N) is 1. The van der Waals surface area contributed by atoms with Crippen molar-refractivity contribution in [2.24, 2.45) is 5.73 Å². The van der Waals surface area contributed by atoms with Crippen LogP contribution in [0.25, 0.3) is 0 Å². The minimum Gasteiger partial charge on any atom is -0.480 e. The van der Waals surface area contributed by atoms with E-state index < -0.39 is 12.0 Å². The first kappa shape index (κ1) is 14.5. The van der Waals surface area contributed by atoms with Gasteiger partial charge in [-0.3, -0.25) is 4.79 Å². The van der Waals surface area contributed by atoms with Gasteiger partial charge in [-0.15, -0.1) is 0 Å². The summed E-state index contributed by atoms with van der Waals surface area (Å²) in [5.74, 6) is -1.12. The number of piperidine rings is 1. The first-order valence-corrected chi connectivity index (χ1v) is 6.97. The SMILES string of the molecule is NCCc1ccccc1C(=O)N1CCCC[C@@H]1C(=O)O. The maximum absolute atomic E-state index is 12.6. The highest BCUT2D eigenvalue weighted by molar-refractivity contribution is 5.98. The zero-order chi connectivity index (χ0) is 14.5. The Morgan fingerprint density at radius 3 is 2.75 bits per heavy atom. The molecule has 0 radical (unpaired) electrons. The van der Waals surface area contributed by atoms with Crippen LogP contribution in [0.1, 0.15) is 35.2 Å². The van der Waals surface area contributed by atoms with Crippen LogP contribution >= 0.6 is 0 Å². The molecule has 0 bridgehead atoms. The van der Waals surface area contributed by atoms with E-state index in [0.717, 1.165) is 18.4 Å².